The van der Waals surface area contributed by atoms with Crippen molar-refractivity contribution in [2.45, 2.75) is 64.6 Å². The number of benzene rings is 1. The first-order chi connectivity index (χ1) is 19.2. The summed E-state index contributed by atoms with van der Waals surface area (Å²) in [4.78, 5) is 42.1. The summed E-state index contributed by atoms with van der Waals surface area (Å²) in [6.07, 6.45) is 10.0. The number of rotatable bonds is 9. The van der Waals surface area contributed by atoms with Crippen LogP contribution in [0.1, 0.15) is 75.7 Å². The summed E-state index contributed by atoms with van der Waals surface area (Å²) in [7, 11) is 0. The Morgan fingerprint density at radius 3 is 2.30 bits per heavy atom. The number of hydrogen-bond acceptors (Lipinski definition) is 7. The van der Waals surface area contributed by atoms with Crippen molar-refractivity contribution in [2.75, 3.05) is 31.5 Å². The third-order valence-electron chi connectivity index (χ3n) is 9.26. The molecule has 2 aromatic heterocycles. The van der Waals surface area contributed by atoms with Gasteiger partial charge in [-0.3, -0.25) is 14.3 Å². The highest BCUT2D eigenvalue weighted by molar-refractivity contribution is 5.87. The van der Waals surface area contributed by atoms with Gasteiger partial charge in [-0.25, -0.2) is 14.8 Å². The number of amides is 1. The van der Waals surface area contributed by atoms with Gasteiger partial charge in [-0.1, -0.05) is 30.8 Å². The zero-order valence-electron chi connectivity index (χ0n) is 23.7. The zero-order chi connectivity index (χ0) is 28.0. The average Bonchev–Trinajstić information content (AvgIpc) is 2.91. The lowest BCUT2D eigenvalue weighted by atomic mass is 9.42. The van der Waals surface area contributed by atoms with Crippen LogP contribution in [0.4, 0.5) is 5.95 Å². The monoisotopic (exact) mass is 541 g/mol. The molecule has 1 unspecified atom stereocenters. The number of aromatic nitrogens is 4. The van der Waals surface area contributed by atoms with E-state index < -0.39 is 0 Å². The molecule has 7 rings (SSSR count). The minimum Gasteiger partial charge on any atom is -0.348 e. The van der Waals surface area contributed by atoms with Gasteiger partial charge in [-0.2, -0.15) is 4.98 Å². The standard InChI is InChI=1S/C31H39N7O2/c1-5-27(39)37-12-10-36(11-13-37)26(17-31-14-22(15-31)16-31)24-8-6-23(7-9-24)21(4)34-29-32-18-25-19-33-30(40)38(20(2)3)28(25)35-29/h5-9,18-22,26H,1,10-17H2,2-4H3,(H,32,34,35)/t21-,22?,26?,31?/m0/s1. The second kappa shape index (κ2) is 10.4. The number of fused-ring (bicyclic) bond motifs is 1. The molecule has 0 radical (unpaired) electrons. The predicted molar refractivity (Wildman–Crippen MR) is 156 cm³/mol. The van der Waals surface area contributed by atoms with Gasteiger partial charge in [-0.05, 0) is 75.0 Å². The SMILES string of the molecule is C=CC(=O)N1CCN(C(CC23CC(C2)C3)c2ccc([C@H](C)Nc3ncc4cnc(=O)n(C(C)C)c4n3)cc2)CC1. The first kappa shape index (κ1) is 26.6. The number of nitrogens with one attached hydrogen (secondary N) is 1. The molecule has 40 heavy (non-hydrogen) atoms. The molecule has 3 aromatic rings. The molecule has 0 spiro atoms. The Morgan fingerprint density at radius 2 is 1.70 bits per heavy atom. The molecular formula is C31H39N7O2. The van der Waals surface area contributed by atoms with Crippen LogP contribution in [-0.2, 0) is 4.79 Å². The molecule has 3 saturated carbocycles. The summed E-state index contributed by atoms with van der Waals surface area (Å²) in [6, 6.07) is 9.24. The number of hydrogen-bond donors (Lipinski definition) is 1. The molecule has 3 heterocycles. The summed E-state index contributed by atoms with van der Waals surface area (Å²) < 4.78 is 1.60. The Hall–Kier alpha value is -3.59. The summed E-state index contributed by atoms with van der Waals surface area (Å²) in [5.74, 6) is 1.47. The second-order valence-corrected chi connectivity index (χ2v) is 12.3. The highest BCUT2D eigenvalue weighted by atomic mass is 16.2. The van der Waals surface area contributed by atoms with Gasteiger partial charge in [0.05, 0.1) is 11.4 Å². The van der Waals surface area contributed by atoms with Crippen LogP contribution in [0.25, 0.3) is 11.0 Å². The summed E-state index contributed by atoms with van der Waals surface area (Å²) in [5.41, 5.74) is 3.30. The molecule has 2 bridgehead atoms. The molecule has 1 amide bonds. The topological polar surface area (TPSA) is 96.3 Å². The van der Waals surface area contributed by atoms with Crippen LogP contribution < -0.4 is 11.0 Å². The summed E-state index contributed by atoms with van der Waals surface area (Å²) in [6.45, 7) is 12.9. The zero-order valence-corrected chi connectivity index (χ0v) is 23.7. The number of carbonyl (C=O) groups is 1. The molecule has 3 aliphatic carbocycles. The summed E-state index contributed by atoms with van der Waals surface area (Å²) in [5, 5.41) is 4.15. The van der Waals surface area contributed by atoms with Gasteiger partial charge in [0.25, 0.3) is 0 Å². The van der Waals surface area contributed by atoms with Gasteiger partial charge < -0.3 is 10.2 Å². The molecule has 4 aliphatic rings. The van der Waals surface area contributed by atoms with E-state index in [0.29, 0.717) is 23.1 Å². The third-order valence-corrected chi connectivity index (χ3v) is 9.26. The van der Waals surface area contributed by atoms with E-state index in [1.165, 1.54) is 43.5 Å². The van der Waals surface area contributed by atoms with Crippen molar-refractivity contribution < 1.29 is 4.79 Å². The van der Waals surface area contributed by atoms with Crippen molar-refractivity contribution in [3.8, 4) is 0 Å². The van der Waals surface area contributed by atoms with Gasteiger partial charge in [0.15, 0.2) is 5.65 Å². The molecule has 1 N–H and O–H groups in total. The van der Waals surface area contributed by atoms with Crippen molar-refractivity contribution in [1.82, 2.24) is 29.3 Å². The van der Waals surface area contributed by atoms with Crippen LogP contribution in [0, 0.1) is 11.3 Å². The average molecular weight is 542 g/mol. The number of piperazine rings is 1. The lowest BCUT2D eigenvalue weighted by Gasteiger charge is -2.64. The van der Waals surface area contributed by atoms with E-state index in [1.54, 1.807) is 10.8 Å². The predicted octanol–water partition coefficient (Wildman–Crippen LogP) is 4.50. The van der Waals surface area contributed by atoms with Crippen molar-refractivity contribution in [3.63, 3.8) is 0 Å². The van der Waals surface area contributed by atoms with Gasteiger partial charge in [0.1, 0.15) is 0 Å². The van der Waals surface area contributed by atoms with E-state index in [-0.39, 0.29) is 23.7 Å². The second-order valence-electron chi connectivity index (χ2n) is 12.3. The van der Waals surface area contributed by atoms with E-state index in [9.17, 15) is 9.59 Å². The fourth-order valence-corrected chi connectivity index (χ4v) is 6.92. The Balaban J connectivity index is 1.18. The Labute approximate surface area is 235 Å². The molecule has 210 valence electrons. The highest BCUT2D eigenvalue weighted by Crippen LogP contribution is 2.68. The minimum absolute atomic E-state index is 0.0166. The number of anilines is 1. The van der Waals surface area contributed by atoms with Gasteiger partial charge in [0.2, 0.25) is 11.9 Å². The van der Waals surface area contributed by atoms with E-state index in [1.807, 2.05) is 18.7 Å². The normalized spacial score (nSPS) is 23.8. The Morgan fingerprint density at radius 1 is 1.05 bits per heavy atom. The molecule has 9 nitrogen and oxygen atoms in total. The van der Waals surface area contributed by atoms with Crippen molar-refractivity contribution in [1.29, 1.82) is 0 Å². The van der Waals surface area contributed by atoms with Gasteiger partial charge in [-0.15, -0.1) is 0 Å². The summed E-state index contributed by atoms with van der Waals surface area (Å²) >= 11 is 0. The molecule has 9 heteroatoms. The molecular weight excluding hydrogens is 502 g/mol. The quantitative estimate of drug-likeness (QED) is 0.399. The van der Waals surface area contributed by atoms with Gasteiger partial charge >= 0.3 is 5.69 Å². The minimum atomic E-state index is -0.307. The van der Waals surface area contributed by atoms with Crippen LogP contribution in [0.15, 0.2) is 54.1 Å². The molecule has 1 saturated heterocycles. The third kappa shape index (κ3) is 4.91. The van der Waals surface area contributed by atoms with E-state index >= 15 is 0 Å². The highest BCUT2D eigenvalue weighted by Gasteiger charge is 2.57. The molecule has 1 aliphatic heterocycles. The first-order valence-electron chi connectivity index (χ1n) is 14.5. The van der Waals surface area contributed by atoms with Crippen molar-refractivity contribution in [3.05, 3.63) is 70.9 Å². The fourth-order valence-electron chi connectivity index (χ4n) is 6.92. The molecule has 1 aromatic carbocycles. The van der Waals surface area contributed by atoms with Crippen LogP contribution in [0.5, 0.6) is 0 Å². The maximum atomic E-state index is 12.3. The first-order valence-corrected chi connectivity index (χ1v) is 14.5. The van der Waals surface area contributed by atoms with E-state index in [2.05, 4.69) is 62.9 Å². The Kier molecular flexibility index (Phi) is 6.94. The van der Waals surface area contributed by atoms with E-state index in [4.69, 9.17) is 0 Å². The van der Waals surface area contributed by atoms with Gasteiger partial charge in [0, 0.05) is 50.7 Å². The molecule has 4 fully saturated rings. The van der Waals surface area contributed by atoms with Crippen LogP contribution >= 0.6 is 0 Å². The van der Waals surface area contributed by atoms with Crippen LogP contribution in [-0.4, -0.2) is 61.4 Å². The van der Waals surface area contributed by atoms with Crippen molar-refractivity contribution >= 4 is 22.9 Å². The largest absolute Gasteiger partial charge is 0.349 e. The molecule has 2 atom stereocenters. The van der Waals surface area contributed by atoms with Crippen molar-refractivity contribution in [2.24, 2.45) is 11.3 Å². The maximum absolute atomic E-state index is 12.3. The lowest BCUT2D eigenvalue weighted by Crippen LogP contribution is -2.55. The lowest BCUT2D eigenvalue weighted by molar-refractivity contribution is -0.134. The number of carbonyl (C=O) groups excluding carboxylic acids is 1. The number of nitrogens with zero attached hydrogens (tertiary/aromatic N) is 6. The van der Waals surface area contributed by atoms with Crippen LogP contribution in [0.3, 0.4) is 0 Å². The fraction of sp³-hybridized carbons (Fsp3) is 0.516. The van der Waals surface area contributed by atoms with E-state index in [0.717, 1.165) is 43.0 Å². The smallest absolute Gasteiger partial charge is 0.348 e. The van der Waals surface area contributed by atoms with Crippen LogP contribution in [0.2, 0.25) is 0 Å². The maximum Gasteiger partial charge on any atom is 0.349 e. The Bertz CT molecular complexity index is 1460.